The van der Waals surface area contributed by atoms with Crippen molar-refractivity contribution >= 4 is 11.3 Å². The maximum atomic E-state index is 6.44. The van der Waals surface area contributed by atoms with Crippen molar-refractivity contribution in [3.63, 3.8) is 0 Å². The van der Waals surface area contributed by atoms with Gasteiger partial charge in [0.05, 0.1) is 6.04 Å². The van der Waals surface area contributed by atoms with Crippen molar-refractivity contribution in [3.8, 4) is 0 Å². The first kappa shape index (κ1) is 16.7. The van der Waals surface area contributed by atoms with Gasteiger partial charge in [-0.15, -0.1) is 11.3 Å². The molecule has 0 fully saturated rings. The van der Waals surface area contributed by atoms with Crippen LogP contribution in [0.5, 0.6) is 0 Å². The van der Waals surface area contributed by atoms with E-state index in [-0.39, 0.29) is 6.04 Å². The van der Waals surface area contributed by atoms with E-state index in [1.807, 2.05) is 11.3 Å². The Hall–Kier alpha value is -0.380. The molecule has 0 saturated heterocycles. The number of hydrogen-bond donors (Lipinski definition) is 1. The number of likely N-dealkylation sites (N-methyl/N-ethyl adjacent to an activating group) is 1. The van der Waals surface area contributed by atoms with Crippen LogP contribution in [0.1, 0.15) is 57.0 Å². The quantitative estimate of drug-likeness (QED) is 0.774. The highest BCUT2D eigenvalue weighted by Gasteiger charge is 2.27. The first-order chi connectivity index (χ1) is 9.04. The zero-order valence-corrected chi connectivity index (χ0v) is 14.0. The highest BCUT2D eigenvalue weighted by molar-refractivity contribution is 7.10. The molecule has 0 aromatic carbocycles. The summed E-state index contributed by atoms with van der Waals surface area (Å²) in [5, 5.41) is 2.19. The van der Waals surface area contributed by atoms with Crippen molar-refractivity contribution in [2.45, 2.75) is 59.5 Å². The molecule has 1 rings (SSSR count). The molecular weight excluding hydrogens is 252 g/mol. The zero-order valence-electron chi connectivity index (χ0n) is 13.1. The average molecular weight is 282 g/mol. The minimum absolute atomic E-state index is 0.223. The van der Waals surface area contributed by atoms with Crippen LogP contribution in [0, 0.1) is 12.8 Å². The lowest BCUT2D eigenvalue weighted by Gasteiger charge is -2.36. The van der Waals surface area contributed by atoms with Gasteiger partial charge in [0.25, 0.3) is 0 Å². The molecule has 0 spiro atoms. The van der Waals surface area contributed by atoms with E-state index >= 15 is 0 Å². The van der Waals surface area contributed by atoms with Crippen LogP contribution < -0.4 is 5.73 Å². The third kappa shape index (κ3) is 4.30. The first-order valence-corrected chi connectivity index (χ1v) is 8.46. The second-order valence-electron chi connectivity index (χ2n) is 5.59. The molecule has 2 nitrogen and oxygen atoms in total. The summed E-state index contributed by atoms with van der Waals surface area (Å²) in [5.41, 5.74) is 7.83. The zero-order chi connectivity index (χ0) is 14.4. The fourth-order valence-electron chi connectivity index (χ4n) is 2.51. The SMILES string of the molecule is CCC(C)CN(CC)C(c1sccc1C)C(N)CC. The van der Waals surface area contributed by atoms with Crippen molar-refractivity contribution in [3.05, 3.63) is 21.9 Å². The maximum Gasteiger partial charge on any atom is 0.0596 e. The molecule has 19 heavy (non-hydrogen) atoms. The van der Waals surface area contributed by atoms with Crippen LogP contribution in [-0.4, -0.2) is 24.0 Å². The molecule has 0 aliphatic carbocycles. The Morgan fingerprint density at radius 3 is 2.37 bits per heavy atom. The molecule has 3 atom stereocenters. The van der Waals surface area contributed by atoms with Gasteiger partial charge in [0.2, 0.25) is 0 Å². The smallest absolute Gasteiger partial charge is 0.0596 e. The number of nitrogens with zero attached hydrogens (tertiary/aromatic N) is 1. The Bertz CT molecular complexity index is 361. The van der Waals surface area contributed by atoms with Gasteiger partial charge >= 0.3 is 0 Å². The summed E-state index contributed by atoms with van der Waals surface area (Å²) in [6, 6.07) is 2.82. The number of hydrogen-bond acceptors (Lipinski definition) is 3. The molecule has 110 valence electrons. The van der Waals surface area contributed by atoms with E-state index < -0.39 is 0 Å². The molecule has 2 N–H and O–H groups in total. The van der Waals surface area contributed by atoms with Gasteiger partial charge in [-0.1, -0.05) is 34.1 Å². The standard InChI is InChI=1S/C16H30N2S/c1-6-12(4)11-18(8-3)15(14(17)7-2)16-13(5)9-10-19-16/h9-10,12,14-15H,6-8,11,17H2,1-5H3. The van der Waals surface area contributed by atoms with Crippen molar-refractivity contribution in [2.75, 3.05) is 13.1 Å². The molecule has 0 saturated carbocycles. The first-order valence-electron chi connectivity index (χ1n) is 7.58. The van der Waals surface area contributed by atoms with Gasteiger partial charge in [0.1, 0.15) is 0 Å². The second-order valence-corrected chi connectivity index (χ2v) is 6.53. The van der Waals surface area contributed by atoms with Gasteiger partial charge in [0, 0.05) is 17.5 Å². The van der Waals surface area contributed by atoms with Gasteiger partial charge in [-0.05, 0) is 42.8 Å². The highest BCUT2D eigenvalue weighted by atomic mass is 32.1. The third-order valence-electron chi connectivity index (χ3n) is 4.09. The average Bonchev–Trinajstić information content (AvgIpc) is 2.83. The summed E-state index contributed by atoms with van der Waals surface area (Å²) in [4.78, 5) is 4.03. The van der Waals surface area contributed by atoms with E-state index in [0.29, 0.717) is 6.04 Å². The van der Waals surface area contributed by atoms with E-state index in [1.165, 1.54) is 16.9 Å². The summed E-state index contributed by atoms with van der Waals surface area (Å²) < 4.78 is 0. The molecule has 0 aliphatic rings. The van der Waals surface area contributed by atoms with E-state index in [2.05, 4.69) is 51.0 Å². The lowest BCUT2D eigenvalue weighted by atomic mass is 9.98. The summed E-state index contributed by atoms with van der Waals surface area (Å²) in [5.74, 6) is 0.728. The molecule has 1 aromatic rings. The minimum Gasteiger partial charge on any atom is -0.326 e. The Morgan fingerprint density at radius 1 is 1.26 bits per heavy atom. The van der Waals surface area contributed by atoms with Crippen molar-refractivity contribution in [1.82, 2.24) is 4.90 Å². The molecule has 3 unspecified atom stereocenters. The van der Waals surface area contributed by atoms with E-state index in [4.69, 9.17) is 5.73 Å². The predicted octanol–water partition coefficient (Wildman–Crippen LogP) is 4.20. The summed E-state index contributed by atoms with van der Waals surface area (Å²) in [6.07, 6.45) is 2.26. The van der Waals surface area contributed by atoms with Gasteiger partial charge in [-0.25, -0.2) is 0 Å². The summed E-state index contributed by atoms with van der Waals surface area (Å²) >= 11 is 1.86. The van der Waals surface area contributed by atoms with Crippen molar-refractivity contribution in [2.24, 2.45) is 11.7 Å². The van der Waals surface area contributed by atoms with Gasteiger partial charge in [0.15, 0.2) is 0 Å². The largest absolute Gasteiger partial charge is 0.326 e. The van der Waals surface area contributed by atoms with Crippen LogP contribution >= 0.6 is 11.3 Å². The number of nitrogens with two attached hydrogens (primary N) is 1. The Kier molecular flexibility index (Phi) is 7.05. The van der Waals surface area contributed by atoms with Crippen molar-refractivity contribution in [1.29, 1.82) is 0 Å². The fraction of sp³-hybridized carbons (Fsp3) is 0.750. The Morgan fingerprint density at radius 2 is 1.95 bits per heavy atom. The monoisotopic (exact) mass is 282 g/mol. The van der Waals surface area contributed by atoms with Crippen molar-refractivity contribution < 1.29 is 0 Å². The molecule has 0 bridgehead atoms. The van der Waals surface area contributed by atoms with E-state index in [0.717, 1.165) is 25.4 Å². The molecule has 3 heteroatoms. The molecule has 1 aromatic heterocycles. The highest BCUT2D eigenvalue weighted by Crippen LogP contribution is 2.32. The van der Waals surface area contributed by atoms with Crippen LogP contribution in [0.15, 0.2) is 11.4 Å². The van der Waals surface area contributed by atoms with Gasteiger partial charge < -0.3 is 5.73 Å². The summed E-state index contributed by atoms with van der Waals surface area (Å²) in [7, 11) is 0. The molecular formula is C16H30N2S. The molecule has 0 amide bonds. The van der Waals surface area contributed by atoms with Crippen LogP contribution in [-0.2, 0) is 0 Å². The van der Waals surface area contributed by atoms with E-state index in [9.17, 15) is 0 Å². The lowest BCUT2D eigenvalue weighted by Crippen LogP contribution is -2.42. The summed E-state index contributed by atoms with van der Waals surface area (Å²) in [6.45, 7) is 13.5. The number of aryl methyl sites for hydroxylation is 1. The third-order valence-corrected chi connectivity index (χ3v) is 5.18. The topological polar surface area (TPSA) is 29.3 Å². The minimum atomic E-state index is 0.223. The predicted molar refractivity (Wildman–Crippen MR) is 86.8 cm³/mol. The van der Waals surface area contributed by atoms with Crippen LogP contribution in [0.25, 0.3) is 0 Å². The molecule has 0 aliphatic heterocycles. The van der Waals surface area contributed by atoms with E-state index in [1.54, 1.807) is 0 Å². The van der Waals surface area contributed by atoms with Crippen LogP contribution in [0.3, 0.4) is 0 Å². The Labute approximate surface area is 123 Å². The van der Waals surface area contributed by atoms with Crippen LogP contribution in [0.4, 0.5) is 0 Å². The molecule has 0 radical (unpaired) electrons. The molecule has 1 heterocycles. The Balaban J connectivity index is 2.98. The number of thiophene rings is 1. The fourth-order valence-corrected chi connectivity index (χ4v) is 3.65. The lowest BCUT2D eigenvalue weighted by molar-refractivity contribution is 0.155. The maximum absolute atomic E-state index is 6.44. The number of rotatable bonds is 8. The second kappa shape index (κ2) is 8.03. The van der Waals surface area contributed by atoms with Gasteiger partial charge in [-0.2, -0.15) is 0 Å². The van der Waals surface area contributed by atoms with Gasteiger partial charge in [-0.3, -0.25) is 4.90 Å². The normalized spacial score (nSPS) is 16.6. The van der Waals surface area contributed by atoms with Crippen LogP contribution in [0.2, 0.25) is 0 Å².